The molecule has 0 spiro atoms. The molecule has 1 aromatic rings. The summed E-state index contributed by atoms with van der Waals surface area (Å²) in [5, 5.41) is 9.31. The minimum absolute atomic E-state index is 0.257. The predicted molar refractivity (Wildman–Crippen MR) is 66.1 cm³/mol. The van der Waals surface area contributed by atoms with Gasteiger partial charge in [0.1, 0.15) is 0 Å². The molecule has 1 unspecified atom stereocenters. The Bertz CT molecular complexity index is 503. The van der Waals surface area contributed by atoms with Gasteiger partial charge in [-0.15, -0.1) is 0 Å². The number of carboxylic acids is 1. The highest BCUT2D eigenvalue weighted by Gasteiger charge is 2.32. The number of carbonyl (C=O) groups excluding carboxylic acids is 1. The van der Waals surface area contributed by atoms with Crippen molar-refractivity contribution in [2.75, 3.05) is 11.4 Å². The van der Waals surface area contributed by atoms with Crippen LogP contribution in [0.15, 0.2) is 18.2 Å². The smallest absolute Gasteiger partial charge is 0.415 e. The van der Waals surface area contributed by atoms with Gasteiger partial charge in [-0.05, 0) is 24.6 Å². The SMILES string of the molecule is Cc1ccc(Cl)cc1N1CCC(C(=O)O)OC1=O. The predicted octanol–water partition coefficient (Wildman–Crippen LogP) is 2.45. The van der Waals surface area contributed by atoms with Crippen molar-refractivity contribution in [1.29, 1.82) is 0 Å². The van der Waals surface area contributed by atoms with Crippen molar-refractivity contribution in [2.45, 2.75) is 19.4 Å². The lowest BCUT2D eigenvalue weighted by Gasteiger charge is -2.30. The molecule has 0 saturated carbocycles. The number of cyclic esters (lactones) is 1. The topological polar surface area (TPSA) is 66.8 Å². The van der Waals surface area contributed by atoms with Gasteiger partial charge in [-0.2, -0.15) is 0 Å². The monoisotopic (exact) mass is 269 g/mol. The van der Waals surface area contributed by atoms with Gasteiger partial charge in [0.05, 0.1) is 5.69 Å². The van der Waals surface area contributed by atoms with Crippen LogP contribution >= 0.6 is 11.6 Å². The molecule has 1 aliphatic heterocycles. The number of nitrogens with zero attached hydrogens (tertiary/aromatic N) is 1. The molecule has 96 valence electrons. The maximum absolute atomic E-state index is 11.8. The number of aliphatic carboxylic acids is 1. The number of anilines is 1. The molecule has 0 aliphatic carbocycles. The van der Waals surface area contributed by atoms with E-state index < -0.39 is 18.2 Å². The Labute approximate surface area is 109 Å². The van der Waals surface area contributed by atoms with Crippen LogP contribution in [0.4, 0.5) is 10.5 Å². The maximum Gasteiger partial charge on any atom is 0.415 e. The normalized spacial score (nSPS) is 19.6. The van der Waals surface area contributed by atoms with Crippen LogP contribution in [0.1, 0.15) is 12.0 Å². The molecule has 1 heterocycles. The second kappa shape index (κ2) is 4.86. The minimum Gasteiger partial charge on any atom is -0.479 e. The van der Waals surface area contributed by atoms with Crippen LogP contribution in [0, 0.1) is 6.92 Å². The van der Waals surface area contributed by atoms with Crippen LogP contribution < -0.4 is 4.90 Å². The highest BCUT2D eigenvalue weighted by Crippen LogP contribution is 2.27. The van der Waals surface area contributed by atoms with E-state index in [1.54, 1.807) is 18.2 Å². The molecule has 18 heavy (non-hydrogen) atoms. The summed E-state index contributed by atoms with van der Waals surface area (Å²) in [4.78, 5) is 23.9. The number of aryl methyl sites for hydroxylation is 1. The van der Waals surface area contributed by atoms with E-state index in [1.165, 1.54) is 4.90 Å². The molecule has 6 heteroatoms. The van der Waals surface area contributed by atoms with Gasteiger partial charge in [-0.25, -0.2) is 9.59 Å². The van der Waals surface area contributed by atoms with Gasteiger partial charge >= 0.3 is 12.1 Å². The number of amides is 1. The summed E-state index contributed by atoms with van der Waals surface area (Å²) in [5.41, 5.74) is 1.53. The van der Waals surface area contributed by atoms with E-state index in [0.29, 0.717) is 17.3 Å². The van der Waals surface area contributed by atoms with Gasteiger partial charge in [-0.1, -0.05) is 17.7 Å². The zero-order valence-corrected chi connectivity index (χ0v) is 10.5. The number of hydrogen-bond donors (Lipinski definition) is 1. The Balaban J connectivity index is 2.23. The fourth-order valence-corrected chi connectivity index (χ4v) is 2.01. The van der Waals surface area contributed by atoms with E-state index in [9.17, 15) is 9.59 Å². The van der Waals surface area contributed by atoms with Gasteiger partial charge in [-0.3, -0.25) is 4.90 Å². The van der Waals surface area contributed by atoms with Gasteiger partial charge in [0.2, 0.25) is 6.10 Å². The Hall–Kier alpha value is -1.75. The van der Waals surface area contributed by atoms with Crippen LogP contribution in [-0.4, -0.2) is 29.8 Å². The van der Waals surface area contributed by atoms with Crippen molar-refractivity contribution in [2.24, 2.45) is 0 Å². The first-order valence-electron chi connectivity index (χ1n) is 5.46. The fraction of sp³-hybridized carbons (Fsp3) is 0.333. The number of carbonyl (C=O) groups is 2. The number of carboxylic acid groups (broad SMARTS) is 1. The third kappa shape index (κ3) is 2.41. The van der Waals surface area contributed by atoms with Crippen LogP contribution in [0.5, 0.6) is 0 Å². The van der Waals surface area contributed by atoms with E-state index in [0.717, 1.165) is 5.56 Å². The van der Waals surface area contributed by atoms with Gasteiger partial charge < -0.3 is 9.84 Å². The first-order valence-corrected chi connectivity index (χ1v) is 5.84. The summed E-state index contributed by atoms with van der Waals surface area (Å²) >= 11 is 5.89. The van der Waals surface area contributed by atoms with Crippen molar-refractivity contribution in [1.82, 2.24) is 0 Å². The van der Waals surface area contributed by atoms with Crippen molar-refractivity contribution in [3.05, 3.63) is 28.8 Å². The molecule has 1 atom stereocenters. The second-order valence-electron chi connectivity index (χ2n) is 4.08. The quantitative estimate of drug-likeness (QED) is 0.895. The number of hydrogen-bond acceptors (Lipinski definition) is 3. The van der Waals surface area contributed by atoms with Crippen molar-refractivity contribution < 1.29 is 19.4 Å². The molecule has 1 N–H and O–H groups in total. The van der Waals surface area contributed by atoms with Crippen LogP contribution in [0.25, 0.3) is 0 Å². The zero-order chi connectivity index (χ0) is 13.3. The molecule has 0 radical (unpaired) electrons. The third-order valence-corrected chi connectivity index (χ3v) is 3.05. The number of benzene rings is 1. The van der Waals surface area contributed by atoms with Gasteiger partial charge in [0.15, 0.2) is 0 Å². The van der Waals surface area contributed by atoms with E-state index >= 15 is 0 Å². The summed E-state index contributed by atoms with van der Waals surface area (Å²) in [5.74, 6) is -1.12. The summed E-state index contributed by atoms with van der Waals surface area (Å²) in [6.07, 6.45) is -1.46. The van der Waals surface area contributed by atoms with E-state index in [2.05, 4.69) is 0 Å². The molecule has 1 saturated heterocycles. The lowest BCUT2D eigenvalue weighted by atomic mass is 10.1. The molecule has 2 rings (SSSR count). The summed E-state index contributed by atoms with van der Waals surface area (Å²) in [6.45, 7) is 2.15. The number of halogens is 1. The van der Waals surface area contributed by atoms with E-state index in [4.69, 9.17) is 21.4 Å². The Morgan fingerprint density at radius 3 is 2.89 bits per heavy atom. The van der Waals surface area contributed by atoms with Crippen LogP contribution in [0.3, 0.4) is 0 Å². The highest BCUT2D eigenvalue weighted by atomic mass is 35.5. The van der Waals surface area contributed by atoms with Crippen molar-refractivity contribution >= 4 is 29.4 Å². The van der Waals surface area contributed by atoms with Crippen LogP contribution in [0.2, 0.25) is 5.02 Å². The zero-order valence-electron chi connectivity index (χ0n) is 9.72. The van der Waals surface area contributed by atoms with Crippen molar-refractivity contribution in [3.8, 4) is 0 Å². The summed E-state index contributed by atoms with van der Waals surface area (Å²) in [6, 6.07) is 5.20. The first-order chi connectivity index (χ1) is 8.49. The molecule has 0 aromatic heterocycles. The molecule has 1 amide bonds. The maximum atomic E-state index is 11.8. The molecular formula is C12H12ClNO4. The largest absolute Gasteiger partial charge is 0.479 e. The molecule has 1 fully saturated rings. The molecular weight excluding hydrogens is 258 g/mol. The second-order valence-corrected chi connectivity index (χ2v) is 4.52. The van der Waals surface area contributed by atoms with E-state index in [-0.39, 0.29) is 6.42 Å². The minimum atomic E-state index is -1.12. The van der Waals surface area contributed by atoms with Crippen LogP contribution in [-0.2, 0) is 9.53 Å². The molecule has 1 aliphatic rings. The lowest BCUT2D eigenvalue weighted by molar-refractivity contribution is -0.147. The Kier molecular flexibility index (Phi) is 3.43. The number of rotatable bonds is 2. The molecule has 0 bridgehead atoms. The average molecular weight is 270 g/mol. The third-order valence-electron chi connectivity index (χ3n) is 2.82. The van der Waals surface area contributed by atoms with Gasteiger partial charge in [0.25, 0.3) is 0 Å². The first kappa shape index (κ1) is 12.7. The Morgan fingerprint density at radius 1 is 1.56 bits per heavy atom. The molecule has 5 nitrogen and oxygen atoms in total. The Morgan fingerprint density at radius 2 is 2.28 bits per heavy atom. The molecule has 1 aromatic carbocycles. The van der Waals surface area contributed by atoms with E-state index in [1.807, 2.05) is 6.92 Å². The standard InChI is InChI=1S/C12H12ClNO4/c1-7-2-3-8(13)6-9(7)14-5-4-10(11(15)16)18-12(14)17/h2-3,6,10H,4-5H2,1H3,(H,15,16). The fourth-order valence-electron chi connectivity index (χ4n) is 1.85. The van der Waals surface area contributed by atoms with Gasteiger partial charge in [0, 0.05) is 18.0 Å². The number of ether oxygens (including phenoxy) is 1. The summed E-state index contributed by atoms with van der Waals surface area (Å²) in [7, 11) is 0. The van der Waals surface area contributed by atoms with Crippen molar-refractivity contribution in [3.63, 3.8) is 0 Å². The average Bonchev–Trinajstić information content (AvgIpc) is 2.32. The summed E-state index contributed by atoms with van der Waals surface area (Å²) < 4.78 is 4.85. The highest BCUT2D eigenvalue weighted by molar-refractivity contribution is 6.31. The lowest BCUT2D eigenvalue weighted by Crippen LogP contribution is -2.45.